The number of nitrogens with one attached hydrogen (secondary N) is 1. The van der Waals surface area contributed by atoms with E-state index in [-0.39, 0.29) is 24.8 Å². The standard InChI is InChI=1S/C20H19ClN4O3/c1-28-17-5-3-2-4-16(17)25-10-13(8-19(25)26)20(27)22-9-15-12-24-11-14(21)6-7-18(24)23-15/h2-7,11-13H,8-10H2,1H3,(H,22,27). The number of para-hydroxylation sites is 2. The van der Waals surface area contributed by atoms with E-state index < -0.39 is 5.92 Å². The van der Waals surface area contributed by atoms with Crippen molar-refractivity contribution in [2.45, 2.75) is 13.0 Å². The van der Waals surface area contributed by atoms with Gasteiger partial charge in [-0.2, -0.15) is 0 Å². The molecule has 1 aliphatic heterocycles. The molecule has 1 aromatic carbocycles. The molecule has 0 saturated carbocycles. The topological polar surface area (TPSA) is 75.9 Å². The molecule has 1 N–H and O–H groups in total. The lowest BCUT2D eigenvalue weighted by Gasteiger charge is -2.19. The van der Waals surface area contributed by atoms with Crippen molar-refractivity contribution in [2.75, 3.05) is 18.6 Å². The molecule has 1 unspecified atom stereocenters. The first-order valence-electron chi connectivity index (χ1n) is 8.89. The van der Waals surface area contributed by atoms with E-state index in [9.17, 15) is 9.59 Å². The predicted octanol–water partition coefficient (Wildman–Crippen LogP) is 2.67. The van der Waals surface area contributed by atoms with Gasteiger partial charge in [-0.15, -0.1) is 0 Å². The molecule has 7 nitrogen and oxygen atoms in total. The second-order valence-electron chi connectivity index (χ2n) is 6.64. The monoisotopic (exact) mass is 398 g/mol. The molecule has 8 heteroatoms. The lowest BCUT2D eigenvalue weighted by molar-refractivity contribution is -0.126. The molecule has 144 valence electrons. The van der Waals surface area contributed by atoms with E-state index in [2.05, 4.69) is 10.3 Å². The quantitative estimate of drug-likeness (QED) is 0.717. The molecule has 1 aliphatic rings. The number of nitrogens with zero attached hydrogens (tertiary/aromatic N) is 3. The summed E-state index contributed by atoms with van der Waals surface area (Å²) in [6, 6.07) is 10.9. The number of methoxy groups -OCH3 is 1. The third-order valence-corrected chi connectivity index (χ3v) is 5.00. The number of benzene rings is 1. The molecule has 3 aromatic rings. The Morgan fingerprint density at radius 3 is 2.93 bits per heavy atom. The number of amides is 2. The Bertz CT molecular complexity index is 1050. The summed E-state index contributed by atoms with van der Waals surface area (Å²) in [6.07, 6.45) is 3.75. The molecular formula is C20H19ClN4O3. The van der Waals surface area contributed by atoms with E-state index >= 15 is 0 Å². The van der Waals surface area contributed by atoms with Crippen LogP contribution < -0.4 is 15.0 Å². The fraction of sp³-hybridized carbons (Fsp3) is 0.250. The zero-order valence-electron chi connectivity index (χ0n) is 15.3. The van der Waals surface area contributed by atoms with Crippen molar-refractivity contribution < 1.29 is 14.3 Å². The van der Waals surface area contributed by atoms with Gasteiger partial charge in [0.1, 0.15) is 11.4 Å². The van der Waals surface area contributed by atoms with Gasteiger partial charge >= 0.3 is 0 Å². The number of hydrogen-bond acceptors (Lipinski definition) is 4. The lowest BCUT2D eigenvalue weighted by Crippen LogP contribution is -2.32. The number of aromatic nitrogens is 2. The summed E-state index contributed by atoms with van der Waals surface area (Å²) >= 11 is 5.98. The Hall–Kier alpha value is -3.06. The van der Waals surface area contributed by atoms with Gasteiger partial charge in [-0.25, -0.2) is 4.98 Å². The number of hydrogen-bond donors (Lipinski definition) is 1. The van der Waals surface area contributed by atoms with Gasteiger partial charge in [-0.1, -0.05) is 23.7 Å². The Morgan fingerprint density at radius 2 is 2.11 bits per heavy atom. The number of rotatable bonds is 5. The highest BCUT2D eigenvalue weighted by atomic mass is 35.5. The summed E-state index contributed by atoms with van der Waals surface area (Å²) in [7, 11) is 1.56. The average Bonchev–Trinajstić information content (AvgIpc) is 3.28. The fourth-order valence-corrected chi connectivity index (χ4v) is 3.56. The fourth-order valence-electron chi connectivity index (χ4n) is 3.39. The number of carbonyl (C=O) groups excluding carboxylic acids is 2. The largest absolute Gasteiger partial charge is 0.495 e. The Kier molecular flexibility index (Phi) is 4.92. The van der Waals surface area contributed by atoms with Crippen LogP contribution in [0.5, 0.6) is 5.75 Å². The van der Waals surface area contributed by atoms with Crippen LogP contribution in [-0.4, -0.2) is 34.9 Å². The molecule has 2 amide bonds. The Labute approximate surface area is 166 Å². The minimum Gasteiger partial charge on any atom is -0.495 e. The van der Waals surface area contributed by atoms with Gasteiger partial charge in [0.2, 0.25) is 11.8 Å². The van der Waals surface area contributed by atoms with Gasteiger partial charge in [0.15, 0.2) is 0 Å². The van der Waals surface area contributed by atoms with Crippen LogP contribution in [0.1, 0.15) is 12.1 Å². The summed E-state index contributed by atoms with van der Waals surface area (Å²) in [5.74, 6) is -0.0583. The number of carbonyl (C=O) groups is 2. The highest BCUT2D eigenvalue weighted by molar-refractivity contribution is 6.30. The molecule has 3 heterocycles. The first-order chi connectivity index (χ1) is 13.5. The molecular weight excluding hydrogens is 380 g/mol. The number of anilines is 1. The van der Waals surface area contributed by atoms with Crippen molar-refractivity contribution in [3.63, 3.8) is 0 Å². The van der Waals surface area contributed by atoms with E-state index in [1.807, 2.05) is 34.9 Å². The normalized spacial score (nSPS) is 16.6. The third-order valence-electron chi connectivity index (χ3n) is 4.78. The van der Waals surface area contributed by atoms with Crippen LogP contribution in [0.2, 0.25) is 5.02 Å². The maximum absolute atomic E-state index is 12.6. The molecule has 1 fully saturated rings. The molecule has 1 saturated heterocycles. The lowest BCUT2D eigenvalue weighted by atomic mass is 10.1. The number of fused-ring (bicyclic) bond motifs is 1. The van der Waals surface area contributed by atoms with Crippen molar-refractivity contribution in [1.29, 1.82) is 0 Å². The molecule has 0 bridgehead atoms. The summed E-state index contributed by atoms with van der Waals surface area (Å²) in [5.41, 5.74) is 2.16. The molecule has 4 rings (SSSR count). The van der Waals surface area contributed by atoms with Gasteiger partial charge in [0.05, 0.1) is 36.0 Å². The highest BCUT2D eigenvalue weighted by Gasteiger charge is 2.36. The SMILES string of the molecule is COc1ccccc1N1CC(C(=O)NCc2cn3cc(Cl)ccc3n2)CC1=O. The van der Waals surface area contributed by atoms with E-state index in [1.54, 1.807) is 30.3 Å². The third kappa shape index (κ3) is 3.53. The van der Waals surface area contributed by atoms with Crippen LogP contribution in [-0.2, 0) is 16.1 Å². The van der Waals surface area contributed by atoms with Gasteiger partial charge < -0.3 is 19.4 Å². The van der Waals surface area contributed by atoms with Gasteiger partial charge in [-0.05, 0) is 24.3 Å². The first-order valence-corrected chi connectivity index (χ1v) is 9.27. The average molecular weight is 399 g/mol. The van der Waals surface area contributed by atoms with Gasteiger partial charge in [0.25, 0.3) is 0 Å². The van der Waals surface area contributed by atoms with Crippen LogP contribution in [0.4, 0.5) is 5.69 Å². The molecule has 2 aromatic heterocycles. The highest BCUT2D eigenvalue weighted by Crippen LogP contribution is 2.32. The van der Waals surface area contributed by atoms with Crippen LogP contribution >= 0.6 is 11.6 Å². The van der Waals surface area contributed by atoms with Gasteiger partial charge in [0, 0.05) is 25.4 Å². The minimum absolute atomic E-state index is 0.0907. The van der Waals surface area contributed by atoms with Crippen LogP contribution in [0.3, 0.4) is 0 Å². The second kappa shape index (κ2) is 7.52. The molecule has 28 heavy (non-hydrogen) atoms. The van der Waals surface area contributed by atoms with E-state index in [0.717, 1.165) is 11.3 Å². The van der Waals surface area contributed by atoms with Crippen LogP contribution in [0.15, 0.2) is 48.8 Å². The zero-order valence-corrected chi connectivity index (χ0v) is 16.0. The van der Waals surface area contributed by atoms with Gasteiger partial charge in [-0.3, -0.25) is 9.59 Å². The van der Waals surface area contributed by atoms with E-state index in [4.69, 9.17) is 16.3 Å². The summed E-state index contributed by atoms with van der Waals surface area (Å²) < 4.78 is 7.14. The predicted molar refractivity (Wildman–Crippen MR) is 106 cm³/mol. The minimum atomic E-state index is -0.413. The number of imidazole rings is 1. The summed E-state index contributed by atoms with van der Waals surface area (Å²) in [6.45, 7) is 0.614. The van der Waals surface area contributed by atoms with Crippen molar-refractivity contribution in [1.82, 2.24) is 14.7 Å². The second-order valence-corrected chi connectivity index (χ2v) is 7.08. The smallest absolute Gasteiger partial charge is 0.227 e. The maximum atomic E-state index is 12.6. The first kappa shape index (κ1) is 18.3. The van der Waals surface area contributed by atoms with Crippen molar-refractivity contribution in [3.05, 3.63) is 59.5 Å². The van der Waals surface area contributed by atoms with Crippen LogP contribution in [0, 0.1) is 5.92 Å². The van der Waals surface area contributed by atoms with Crippen molar-refractivity contribution in [3.8, 4) is 5.75 Å². The maximum Gasteiger partial charge on any atom is 0.227 e. The Morgan fingerprint density at radius 1 is 1.29 bits per heavy atom. The molecule has 0 spiro atoms. The Balaban J connectivity index is 1.41. The molecule has 1 atom stereocenters. The van der Waals surface area contributed by atoms with Crippen molar-refractivity contribution in [2.24, 2.45) is 5.92 Å². The van der Waals surface area contributed by atoms with E-state index in [1.165, 1.54) is 0 Å². The summed E-state index contributed by atoms with van der Waals surface area (Å²) in [4.78, 5) is 31.1. The molecule has 0 radical (unpaired) electrons. The number of ether oxygens (including phenoxy) is 1. The number of halogens is 1. The number of pyridine rings is 1. The summed E-state index contributed by atoms with van der Waals surface area (Å²) in [5, 5.41) is 3.49. The van der Waals surface area contributed by atoms with Crippen molar-refractivity contribution >= 4 is 34.7 Å². The molecule has 0 aliphatic carbocycles. The zero-order chi connectivity index (χ0) is 19.7. The van der Waals surface area contributed by atoms with E-state index in [0.29, 0.717) is 23.0 Å². The van der Waals surface area contributed by atoms with Crippen LogP contribution in [0.25, 0.3) is 5.65 Å².